The van der Waals surface area contributed by atoms with Gasteiger partial charge in [-0.3, -0.25) is 9.69 Å². The van der Waals surface area contributed by atoms with Crippen molar-refractivity contribution in [2.75, 3.05) is 78.3 Å². The second-order valence-electron chi connectivity index (χ2n) is 10.5. The molecule has 0 radical (unpaired) electrons. The van der Waals surface area contributed by atoms with E-state index in [1.54, 1.807) is 33.9 Å². The van der Waals surface area contributed by atoms with Crippen LogP contribution < -0.4 is 19.1 Å². The molecule has 0 aliphatic carbocycles. The molecule has 0 N–H and O–H groups in total. The Labute approximate surface area is 247 Å². The van der Waals surface area contributed by atoms with Crippen LogP contribution in [-0.2, 0) is 20.8 Å². The van der Waals surface area contributed by atoms with Crippen molar-refractivity contribution in [2.24, 2.45) is 5.92 Å². The van der Waals surface area contributed by atoms with Crippen LogP contribution in [-0.4, -0.2) is 95.2 Å². The van der Waals surface area contributed by atoms with Crippen molar-refractivity contribution in [2.45, 2.75) is 32.7 Å². The number of amides is 3. The molecule has 0 saturated carbocycles. The van der Waals surface area contributed by atoms with Crippen LogP contribution in [0, 0.1) is 11.7 Å². The molecule has 1 atom stereocenters. The van der Waals surface area contributed by atoms with Crippen LogP contribution in [0.3, 0.4) is 0 Å². The second-order valence-corrected chi connectivity index (χ2v) is 10.5. The zero-order valence-electron chi connectivity index (χ0n) is 24.8. The molecule has 10 nitrogen and oxygen atoms in total. The van der Waals surface area contributed by atoms with Gasteiger partial charge in [-0.25, -0.2) is 9.18 Å². The van der Waals surface area contributed by atoms with Crippen LogP contribution in [0.1, 0.15) is 31.7 Å². The number of carbonyl (C=O) groups is 2. The third-order valence-electron chi connectivity index (χ3n) is 7.43. The van der Waals surface area contributed by atoms with E-state index < -0.39 is 5.82 Å². The van der Waals surface area contributed by atoms with Crippen molar-refractivity contribution in [1.82, 2.24) is 9.80 Å². The Kier molecular flexibility index (Phi) is 11.7. The van der Waals surface area contributed by atoms with Crippen LogP contribution in [0.5, 0.6) is 17.2 Å². The van der Waals surface area contributed by atoms with Gasteiger partial charge in [0, 0.05) is 49.4 Å². The van der Waals surface area contributed by atoms with Crippen LogP contribution >= 0.6 is 0 Å². The van der Waals surface area contributed by atoms with Crippen LogP contribution in [0.25, 0.3) is 0 Å². The van der Waals surface area contributed by atoms with E-state index in [0.29, 0.717) is 74.5 Å². The van der Waals surface area contributed by atoms with E-state index in [-0.39, 0.29) is 37.6 Å². The van der Waals surface area contributed by atoms with Crippen molar-refractivity contribution in [3.05, 3.63) is 47.8 Å². The van der Waals surface area contributed by atoms with Gasteiger partial charge in [-0.15, -0.1) is 0 Å². The fourth-order valence-corrected chi connectivity index (χ4v) is 5.18. The monoisotopic (exact) mass is 587 g/mol. The Balaban J connectivity index is 1.53. The van der Waals surface area contributed by atoms with Crippen molar-refractivity contribution < 1.29 is 37.7 Å². The number of morpholine rings is 1. The third kappa shape index (κ3) is 8.25. The van der Waals surface area contributed by atoms with E-state index >= 15 is 0 Å². The Morgan fingerprint density at radius 2 is 1.76 bits per heavy atom. The maximum absolute atomic E-state index is 14.2. The number of unbranched alkanes of at least 4 members (excludes halogenated alkanes) is 2. The third-order valence-corrected chi connectivity index (χ3v) is 7.43. The molecular weight excluding hydrogens is 545 g/mol. The lowest BCUT2D eigenvalue weighted by atomic mass is 10.0. The first-order chi connectivity index (χ1) is 20.4. The average Bonchev–Trinajstić information content (AvgIpc) is 3.01. The molecule has 230 valence electrons. The molecule has 4 rings (SSSR count). The maximum Gasteiger partial charge on any atom is 0.324 e. The van der Waals surface area contributed by atoms with Gasteiger partial charge in [0.05, 0.1) is 47.2 Å². The number of nitrogens with zero attached hydrogens (tertiary/aromatic N) is 3. The van der Waals surface area contributed by atoms with Crippen molar-refractivity contribution in [3.8, 4) is 17.2 Å². The summed E-state index contributed by atoms with van der Waals surface area (Å²) in [5.41, 5.74) is 1.21. The lowest BCUT2D eigenvalue weighted by molar-refractivity contribution is -0.140. The van der Waals surface area contributed by atoms with Gasteiger partial charge in [-0.05, 0) is 36.8 Å². The number of rotatable bonds is 14. The molecule has 2 heterocycles. The van der Waals surface area contributed by atoms with Crippen LogP contribution in [0.4, 0.5) is 14.9 Å². The minimum Gasteiger partial charge on any atom is -0.496 e. The lowest BCUT2D eigenvalue weighted by Crippen LogP contribution is -2.54. The number of urea groups is 1. The number of hydrogen-bond acceptors (Lipinski definition) is 7. The van der Waals surface area contributed by atoms with Gasteiger partial charge in [-0.2, -0.15) is 0 Å². The summed E-state index contributed by atoms with van der Waals surface area (Å²) in [6.07, 6.45) is 3.05. The number of anilines is 1. The number of benzene rings is 2. The highest BCUT2D eigenvalue weighted by Crippen LogP contribution is 2.34. The summed E-state index contributed by atoms with van der Waals surface area (Å²) in [7, 11) is 3.10. The van der Waals surface area contributed by atoms with Crippen LogP contribution in [0.2, 0.25) is 0 Å². The summed E-state index contributed by atoms with van der Waals surface area (Å²) in [6.45, 7) is 5.96. The fourth-order valence-electron chi connectivity index (χ4n) is 5.18. The number of hydrogen-bond donors (Lipinski definition) is 0. The lowest BCUT2D eigenvalue weighted by Gasteiger charge is -2.40. The molecule has 42 heavy (non-hydrogen) atoms. The van der Waals surface area contributed by atoms with E-state index in [1.165, 1.54) is 19.2 Å². The highest BCUT2D eigenvalue weighted by molar-refractivity contribution is 5.93. The standard InChI is InChI=1S/C31H42FN3O7/c1-4-5-6-13-42-29-17-26(8-10-28(29)39-3)35-19-23(21-41-22-30(36)33-11-14-40-15-12-33)18-34(31(35)37)20-24-16-25(32)7-9-27(24)38-2/h7-10,16-17,23H,4-6,11-15,18-22H2,1-3H3. The molecule has 3 amide bonds. The van der Waals surface area contributed by atoms with E-state index in [2.05, 4.69) is 6.92 Å². The van der Waals surface area contributed by atoms with E-state index in [4.69, 9.17) is 23.7 Å². The van der Waals surface area contributed by atoms with E-state index in [9.17, 15) is 14.0 Å². The minimum atomic E-state index is -0.409. The SMILES string of the molecule is CCCCCOc1cc(N2CC(COCC(=O)N3CCOCC3)CN(Cc3cc(F)ccc3OC)C2=O)ccc1OC. The maximum atomic E-state index is 14.2. The van der Waals surface area contributed by atoms with Gasteiger partial charge < -0.3 is 33.5 Å². The normalized spacial score (nSPS) is 17.4. The van der Waals surface area contributed by atoms with Gasteiger partial charge in [0.15, 0.2) is 11.5 Å². The molecule has 2 aromatic rings. The molecule has 2 aliphatic rings. The molecule has 0 spiro atoms. The van der Waals surface area contributed by atoms with Crippen molar-refractivity contribution >= 4 is 17.6 Å². The first-order valence-electron chi connectivity index (χ1n) is 14.6. The summed E-state index contributed by atoms with van der Waals surface area (Å²) >= 11 is 0. The fraction of sp³-hybridized carbons (Fsp3) is 0.548. The Morgan fingerprint density at radius 1 is 1.00 bits per heavy atom. The molecule has 0 aromatic heterocycles. The number of methoxy groups -OCH3 is 2. The molecular formula is C31H42FN3O7. The molecule has 1 unspecified atom stereocenters. The summed E-state index contributed by atoms with van der Waals surface area (Å²) in [5.74, 6) is 1.04. The van der Waals surface area contributed by atoms with Gasteiger partial charge in [-0.1, -0.05) is 19.8 Å². The van der Waals surface area contributed by atoms with Crippen LogP contribution in [0.15, 0.2) is 36.4 Å². The summed E-state index contributed by atoms with van der Waals surface area (Å²) in [5, 5.41) is 0. The molecule has 2 aliphatic heterocycles. The van der Waals surface area contributed by atoms with Gasteiger partial charge in [0.1, 0.15) is 18.2 Å². The minimum absolute atomic E-state index is 0.0412. The second kappa shape index (κ2) is 15.6. The molecule has 11 heteroatoms. The molecule has 0 bridgehead atoms. The first kappa shape index (κ1) is 31.4. The Morgan fingerprint density at radius 3 is 2.50 bits per heavy atom. The van der Waals surface area contributed by atoms with Gasteiger partial charge >= 0.3 is 6.03 Å². The molecule has 2 saturated heterocycles. The first-order valence-corrected chi connectivity index (χ1v) is 14.6. The average molecular weight is 588 g/mol. The van der Waals surface area contributed by atoms with E-state index in [1.807, 2.05) is 12.1 Å². The largest absolute Gasteiger partial charge is 0.496 e. The zero-order chi connectivity index (χ0) is 29.9. The smallest absolute Gasteiger partial charge is 0.324 e. The van der Waals surface area contributed by atoms with Gasteiger partial charge in [0.25, 0.3) is 0 Å². The molecule has 2 aromatic carbocycles. The predicted molar refractivity (Wildman–Crippen MR) is 156 cm³/mol. The molecule has 2 fully saturated rings. The summed E-state index contributed by atoms with van der Waals surface area (Å²) < 4.78 is 42.3. The van der Waals surface area contributed by atoms with Gasteiger partial charge in [0.2, 0.25) is 5.91 Å². The highest BCUT2D eigenvalue weighted by atomic mass is 19.1. The van der Waals surface area contributed by atoms with Crippen molar-refractivity contribution in [3.63, 3.8) is 0 Å². The zero-order valence-corrected chi connectivity index (χ0v) is 24.8. The Hall–Kier alpha value is -3.57. The quantitative estimate of drug-likeness (QED) is 0.304. The highest BCUT2D eigenvalue weighted by Gasteiger charge is 2.34. The Bertz CT molecular complexity index is 1190. The number of halogens is 1. The van der Waals surface area contributed by atoms with E-state index in [0.717, 1.165) is 19.3 Å². The predicted octanol–water partition coefficient (Wildman–Crippen LogP) is 4.35. The van der Waals surface area contributed by atoms with Crippen molar-refractivity contribution in [1.29, 1.82) is 0 Å². The topological polar surface area (TPSA) is 90.0 Å². The number of ether oxygens (including phenoxy) is 5. The summed E-state index contributed by atoms with van der Waals surface area (Å²) in [6, 6.07) is 9.46. The number of carbonyl (C=O) groups excluding carboxylic acids is 2. The summed E-state index contributed by atoms with van der Waals surface area (Å²) in [4.78, 5) is 31.5.